The van der Waals surface area contributed by atoms with Crippen LogP contribution in [-0.2, 0) is 17.8 Å². The summed E-state index contributed by atoms with van der Waals surface area (Å²) in [4.78, 5) is 4.70. The van der Waals surface area contributed by atoms with E-state index in [2.05, 4.69) is 39.4 Å². The van der Waals surface area contributed by atoms with Crippen molar-refractivity contribution in [3.63, 3.8) is 0 Å². The van der Waals surface area contributed by atoms with Gasteiger partial charge in [-0.15, -0.1) is 0 Å². The zero-order chi connectivity index (χ0) is 21.9. The second-order valence-corrected chi connectivity index (χ2v) is 7.97. The van der Waals surface area contributed by atoms with Crippen LogP contribution in [0.5, 0.6) is 11.5 Å². The Morgan fingerprint density at radius 3 is 2.48 bits per heavy atom. The summed E-state index contributed by atoms with van der Waals surface area (Å²) in [6, 6.07) is 16.2. The molecule has 1 aliphatic heterocycles. The highest BCUT2D eigenvalue weighted by Crippen LogP contribution is 2.15. The van der Waals surface area contributed by atoms with E-state index in [1.807, 2.05) is 24.3 Å². The number of hydrogen-bond donors (Lipinski definition) is 1. The van der Waals surface area contributed by atoms with Gasteiger partial charge in [0.25, 0.3) is 0 Å². The number of nitrogens with zero attached hydrogens (tertiary/aromatic N) is 2. The largest absolute Gasteiger partial charge is 0.497 e. The van der Waals surface area contributed by atoms with Gasteiger partial charge in [-0.1, -0.05) is 24.3 Å². The summed E-state index contributed by atoms with van der Waals surface area (Å²) in [5.74, 6) is 1.72. The van der Waals surface area contributed by atoms with Crippen LogP contribution in [0.15, 0.2) is 48.5 Å². The first-order valence-electron chi connectivity index (χ1n) is 10.8. The van der Waals surface area contributed by atoms with E-state index < -0.39 is 0 Å². The molecule has 2 aromatic rings. The molecule has 0 saturated carbocycles. The zero-order valence-corrected chi connectivity index (χ0v) is 19.3. The Morgan fingerprint density at radius 2 is 1.77 bits per heavy atom. The maximum Gasteiger partial charge on any atom is 0.169 e. The van der Waals surface area contributed by atoms with Crippen molar-refractivity contribution < 1.29 is 14.2 Å². The van der Waals surface area contributed by atoms with Gasteiger partial charge in [0.1, 0.15) is 11.5 Å². The Bertz CT molecular complexity index is 810. The second kappa shape index (κ2) is 12.5. The van der Waals surface area contributed by atoms with Gasteiger partial charge in [0.05, 0.1) is 27.4 Å². The molecular weight excluding hydrogens is 410 g/mol. The normalized spacial score (nSPS) is 14.1. The van der Waals surface area contributed by atoms with E-state index in [1.165, 1.54) is 5.56 Å². The molecule has 6 nitrogen and oxygen atoms in total. The molecule has 1 saturated heterocycles. The van der Waals surface area contributed by atoms with Crippen LogP contribution in [-0.4, -0.2) is 68.5 Å². The van der Waals surface area contributed by atoms with Gasteiger partial charge in [-0.25, -0.2) is 0 Å². The molecule has 0 unspecified atom stereocenters. The van der Waals surface area contributed by atoms with E-state index in [-0.39, 0.29) is 0 Å². The molecule has 1 N–H and O–H groups in total. The molecule has 168 valence electrons. The van der Waals surface area contributed by atoms with Gasteiger partial charge in [-0.3, -0.25) is 4.90 Å². The topological polar surface area (TPSA) is 46.2 Å². The minimum absolute atomic E-state index is 0.681. The first kappa shape index (κ1) is 23.3. The average molecular weight is 444 g/mol. The summed E-state index contributed by atoms with van der Waals surface area (Å²) in [5, 5.41) is 4.19. The van der Waals surface area contributed by atoms with Crippen LogP contribution in [0.3, 0.4) is 0 Å². The van der Waals surface area contributed by atoms with Crippen LogP contribution < -0.4 is 14.8 Å². The fraction of sp³-hybridized carbons (Fsp3) is 0.458. The Balaban J connectivity index is 1.58. The van der Waals surface area contributed by atoms with E-state index >= 15 is 0 Å². The minimum Gasteiger partial charge on any atom is -0.497 e. The number of ether oxygens (including phenoxy) is 3. The van der Waals surface area contributed by atoms with Crippen molar-refractivity contribution >= 4 is 17.3 Å². The highest BCUT2D eigenvalue weighted by atomic mass is 32.1. The van der Waals surface area contributed by atoms with Crippen LogP contribution in [0.4, 0.5) is 0 Å². The molecular formula is C24H33N3O3S. The number of methoxy groups -OCH3 is 2. The van der Waals surface area contributed by atoms with Crippen LogP contribution >= 0.6 is 12.2 Å². The third kappa shape index (κ3) is 7.69. The van der Waals surface area contributed by atoms with Crippen molar-refractivity contribution in [2.24, 2.45) is 0 Å². The van der Waals surface area contributed by atoms with E-state index in [1.54, 1.807) is 14.2 Å². The summed E-state index contributed by atoms with van der Waals surface area (Å²) in [7, 11) is 3.37. The van der Waals surface area contributed by atoms with E-state index in [0.717, 1.165) is 74.5 Å². The molecule has 31 heavy (non-hydrogen) atoms. The monoisotopic (exact) mass is 443 g/mol. The highest BCUT2D eigenvalue weighted by molar-refractivity contribution is 7.80. The fourth-order valence-corrected chi connectivity index (χ4v) is 3.81. The molecule has 0 radical (unpaired) electrons. The molecule has 0 aromatic heterocycles. The molecule has 0 atom stereocenters. The number of nitrogens with one attached hydrogen (secondary N) is 1. The van der Waals surface area contributed by atoms with Gasteiger partial charge >= 0.3 is 0 Å². The summed E-state index contributed by atoms with van der Waals surface area (Å²) in [6.45, 7) is 7.05. The number of benzene rings is 2. The molecule has 0 amide bonds. The minimum atomic E-state index is 0.681. The molecule has 1 heterocycles. The van der Waals surface area contributed by atoms with E-state index in [9.17, 15) is 0 Å². The molecule has 1 fully saturated rings. The molecule has 1 aliphatic rings. The third-order valence-corrected chi connectivity index (χ3v) is 5.81. The smallest absolute Gasteiger partial charge is 0.169 e. The Morgan fingerprint density at radius 1 is 1.03 bits per heavy atom. The van der Waals surface area contributed by atoms with Gasteiger partial charge in [-0.05, 0) is 54.0 Å². The van der Waals surface area contributed by atoms with E-state index in [0.29, 0.717) is 6.54 Å². The lowest BCUT2D eigenvalue weighted by Crippen LogP contribution is -2.42. The lowest BCUT2D eigenvalue weighted by molar-refractivity contribution is 0.0367. The SMILES string of the molecule is COc1ccc(CNC(=S)N(CCCN2CCOCC2)Cc2cccc(OC)c2)cc1. The lowest BCUT2D eigenvalue weighted by Gasteiger charge is -2.30. The molecule has 7 heteroatoms. The van der Waals surface area contributed by atoms with Gasteiger partial charge in [0.15, 0.2) is 5.11 Å². The van der Waals surface area contributed by atoms with Crippen LogP contribution in [0.1, 0.15) is 17.5 Å². The van der Waals surface area contributed by atoms with Crippen molar-refractivity contribution in [3.8, 4) is 11.5 Å². The van der Waals surface area contributed by atoms with Crippen LogP contribution in [0.25, 0.3) is 0 Å². The highest BCUT2D eigenvalue weighted by Gasteiger charge is 2.14. The Labute approximate surface area is 191 Å². The fourth-order valence-electron chi connectivity index (χ4n) is 3.59. The lowest BCUT2D eigenvalue weighted by atomic mass is 10.2. The standard InChI is InChI=1S/C24H33N3O3S/c1-28-22-9-7-20(8-10-22)18-25-24(31)27(12-4-11-26-13-15-30-16-14-26)19-21-5-3-6-23(17-21)29-2/h3,5-10,17H,4,11-16,18-19H2,1-2H3,(H,25,31). The molecule has 3 rings (SSSR count). The Kier molecular flexibility index (Phi) is 9.39. The van der Waals surface area contributed by atoms with Crippen molar-refractivity contribution in [1.82, 2.24) is 15.1 Å². The van der Waals surface area contributed by atoms with Crippen molar-refractivity contribution in [2.75, 3.05) is 53.6 Å². The van der Waals surface area contributed by atoms with E-state index in [4.69, 9.17) is 26.4 Å². The van der Waals surface area contributed by atoms with Gasteiger partial charge < -0.3 is 24.4 Å². The maximum atomic E-state index is 5.78. The summed E-state index contributed by atoms with van der Waals surface area (Å²) >= 11 is 5.78. The average Bonchev–Trinajstić information content (AvgIpc) is 2.83. The van der Waals surface area contributed by atoms with Crippen LogP contribution in [0, 0.1) is 0 Å². The van der Waals surface area contributed by atoms with Crippen molar-refractivity contribution in [3.05, 3.63) is 59.7 Å². The second-order valence-electron chi connectivity index (χ2n) is 7.59. The maximum absolute atomic E-state index is 5.78. The predicted molar refractivity (Wildman–Crippen MR) is 128 cm³/mol. The summed E-state index contributed by atoms with van der Waals surface area (Å²) in [6.07, 6.45) is 1.05. The number of morpholine rings is 1. The van der Waals surface area contributed by atoms with Crippen LogP contribution in [0.2, 0.25) is 0 Å². The molecule has 0 aliphatic carbocycles. The number of rotatable bonds is 10. The Hall–Kier alpha value is -2.35. The number of hydrogen-bond acceptors (Lipinski definition) is 5. The van der Waals surface area contributed by atoms with Gasteiger partial charge in [-0.2, -0.15) is 0 Å². The number of thiocarbonyl (C=S) groups is 1. The third-order valence-electron chi connectivity index (χ3n) is 5.40. The molecule has 0 spiro atoms. The first-order valence-corrected chi connectivity index (χ1v) is 11.2. The predicted octanol–water partition coefficient (Wildman–Crippen LogP) is 3.30. The van der Waals surface area contributed by atoms with Gasteiger partial charge in [0.2, 0.25) is 0 Å². The summed E-state index contributed by atoms with van der Waals surface area (Å²) < 4.78 is 16.1. The molecule has 0 bridgehead atoms. The van der Waals surface area contributed by atoms with Gasteiger partial charge in [0, 0.05) is 39.3 Å². The van der Waals surface area contributed by atoms with Crippen molar-refractivity contribution in [2.45, 2.75) is 19.5 Å². The zero-order valence-electron chi connectivity index (χ0n) is 18.5. The summed E-state index contributed by atoms with van der Waals surface area (Å²) in [5.41, 5.74) is 2.34. The first-order chi connectivity index (χ1) is 15.2. The molecule has 2 aromatic carbocycles. The van der Waals surface area contributed by atoms with Crippen molar-refractivity contribution in [1.29, 1.82) is 0 Å². The quantitative estimate of drug-likeness (QED) is 0.565.